The second-order valence-electron chi connectivity index (χ2n) is 6.16. The number of nitrogen functional groups attached to an aromatic ring is 1. The lowest BCUT2D eigenvalue weighted by Gasteiger charge is -2.07. The maximum Gasteiger partial charge on any atom is 0.164 e. The van der Waals surface area contributed by atoms with Gasteiger partial charge in [0.25, 0.3) is 0 Å². The van der Waals surface area contributed by atoms with Crippen LogP contribution in [0.4, 0.5) is 5.82 Å². The second-order valence-corrected chi connectivity index (χ2v) is 7.18. The molecule has 0 saturated heterocycles. The van der Waals surface area contributed by atoms with Crippen LogP contribution in [0.2, 0.25) is 0 Å². The first-order valence-corrected chi connectivity index (χ1v) is 9.42. The SMILES string of the molecule is Nc1ncnc2c1c(I)nn2Cc1cc2ccccn2c1-c1cccnc1. The van der Waals surface area contributed by atoms with Gasteiger partial charge in [-0.15, -0.1) is 0 Å². The third-order valence-electron chi connectivity index (χ3n) is 4.53. The quantitative estimate of drug-likeness (QED) is 0.412. The Morgan fingerprint density at radius 1 is 1.11 bits per heavy atom. The van der Waals surface area contributed by atoms with Crippen LogP contribution in [-0.4, -0.2) is 29.1 Å². The van der Waals surface area contributed by atoms with Gasteiger partial charge in [0.05, 0.1) is 17.6 Å². The summed E-state index contributed by atoms with van der Waals surface area (Å²) in [4.78, 5) is 12.8. The zero-order valence-electron chi connectivity index (χ0n) is 14.1. The number of fused-ring (bicyclic) bond motifs is 2. The van der Waals surface area contributed by atoms with Crippen molar-refractivity contribution in [1.29, 1.82) is 0 Å². The Hall–Kier alpha value is -3.01. The van der Waals surface area contributed by atoms with E-state index in [1.165, 1.54) is 6.33 Å². The number of nitrogens with two attached hydrogens (primary N) is 1. The highest BCUT2D eigenvalue weighted by Crippen LogP contribution is 2.29. The van der Waals surface area contributed by atoms with Crippen molar-refractivity contribution in [2.24, 2.45) is 0 Å². The van der Waals surface area contributed by atoms with E-state index in [2.05, 4.69) is 71.4 Å². The Bertz CT molecular complexity index is 1270. The zero-order chi connectivity index (χ0) is 18.4. The van der Waals surface area contributed by atoms with Gasteiger partial charge >= 0.3 is 0 Å². The summed E-state index contributed by atoms with van der Waals surface area (Å²) in [6.07, 6.45) is 7.20. The summed E-state index contributed by atoms with van der Waals surface area (Å²) in [6.45, 7) is 0.571. The van der Waals surface area contributed by atoms with Gasteiger partial charge in [0, 0.05) is 35.2 Å². The fraction of sp³-hybridized carbons (Fsp3) is 0.0526. The Balaban J connectivity index is 1.72. The molecule has 8 heteroatoms. The van der Waals surface area contributed by atoms with Gasteiger partial charge in [-0.25, -0.2) is 14.6 Å². The molecule has 0 amide bonds. The molecule has 0 unspecified atom stereocenters. The molecule has 0 aliphatic carbocycles. The molecular formula is C19H14IN7. The molecule has 5 heterocycles. The Labute approximate surface area is 168 Å². The van der Waals surface area contributed by atoms with E-state index in [9.17, 15) is 0 Å². The number of anilines is 1. The smallest absolute Gasteiger partial charge is 0.164 e. The summed E-state index contributed by atoms with van der Waals surface area (Å²) < 4.78 is 4.85. The number of aromatic nitrogens is 6. The molecule has 0 bridgehead atoms. The molecule has 0 radical (unpaired) electrons. The average molecular weight is 467 g/mol. The number of hydrogen-bond acceptors (Lipinski definition) is 5. The van der Waals surface area contributed by atoms with Crippen LogP contribution in [0.3, 0.4) is 0 Å². The number of pyridine rings is 2. The lowest BCUT2D eigenvalue weighted by Crippen LogP contribution is -2.04. The van der Waals surface area contributed by atoms with E-state index in [1.54, 1.807) is 6.20 Å². The molecule has 27 heavy (non-hydrogen) atoms. The van der Waals surface area contributed by atoms with Crippen molar-refractivity contribution in [1.82, 2.24) is 29.1 Å². The van der Waals surface area contributed by atoms with Gasteiger partial charge in [-0.1, -0.05) is 6.07 Å². The van der Waals surface area contributed by atoms with Crippen molar-refractivity contribution >= 4 is 45.0 Å². The van der Waals surface area contributed by atoms with Crippen LogP contribution < -0.4 is 5.73 Å². The Kier molecular flexibility index (Phi) is 3.78. The van der Waals surface area contributed by atoms with Crippen molar-refractivity contribution in [3.8, 4) is 11.3 Å². The third kappa shape index (κ3) is 2.64. The molecule has 0 aromatic carbocycles. The minimum Gasteiger partial charge on any atom is -0.383 e. The molecule has 7 nitrogen and oxygen atoms in total. The van der Waals surface area contributed by atoms with Gasteiger partial charge in [0.2, 0.25) is 0 Å². The predicted octanol–water partition coefficient (Wildman–Crippen LogP) is 3.38. The van der Waals surface area contributed by atoms with E-state index >= 15 is 0 Å². The summed E-state index contributed by atoms with van der Waals surface area (Å²) in [5, 5.41) is 5.44. The summed E-state index contributed by atoms with van der Waals surface area (Å²) in [6, 6.07) is 12.3. The lowest BCUT2D eigenvalue weighted by atomic mass is 10.1. The summed E-state index contributed by atoms with van der Waals surface area (Å²) in [7, 11) is 0. The normalized spacial score (nSPS) is 11.4. The lowest BCUT2D eigenvalue weighted by molar-refractivity contribution is 0.698. The topological polar surface area (TPSA) is 86.9 Å². The molecule has 0 aliphatic heterocycles. The fourth-order valence-corrected chi connectivity index (χ4v) is 4.16. The van der Waals surface area contributed by atoms with E-state index in [4.69, 9.17) is 5.73 Å². The van der Waals surface area contributed by atoms with Gasteiger partial charge < -0.3 is 10.1 Å². The van der Waals surface area contributed by atoms with Gasteiger partial charge in [-0.3, -0.25) is 4.98 Å². The highest BCUT2D eigenvalue weighted by molar-refractivity contribution is 14.1. The molecular weight excluding hydrogens is 453 g/mol. The molecule has 0 spiro atoms. The average Bonchev–Trinajstić information content (AvgIpc) is 3.21. The monoisotopic (exact) mass is 467 g/mol. The summed E-state index contributed by atoms with van der Waals surface area (Å²) >= 11 is 2.17. The van der Waals surface area contributed by atoms with Crippen molar-refractivity contribution in [2.45, 2.75) is 6.54 Å². The van der Waals surface area contributed by atoms with Gasteiger partial charge in [0.15, 0.2) is 5.65 Å². The highest BCUT2D eigenvalue weighted by Gasteiger charge is 2.17. The third-order valence-corrected chi connectivity index (χ3v) is 5.28. The predicted molar refractivity (Wildman–Crippen MR) is 112 cm³/mol. The fourth-order valence-electron chi connectivity index (χ4n) is 3.38. The minimum absolute atomic E-state index is 0.449. The Morgan fingerprint density at radius 2 is 2.04 bits per heavy atom. The largest absolute Gasteiger partial charge is 0.383 e. The molecule has 132 valence electrons. The molecule has 5 aromatic rings. The maximum absolute atomic E-state index is 6.02. The maximum atomic E-state index is 6.02. The van der Waals surface area contributed by atoms with Crippen LogP contribution in [0.5, 0.6) is 0 Å². The number of hydrogen-bond donors (Lipinski definition) is 1. The number of nitrogens with zero attached hydrogens (tertiary/aromatic N) is 6. The standard InChI is InChI=1S/C19H14IN7/c20-17-15-18(21)23-11-24-19(15)27(25-17)10-13-8-14-5-1-2-7-26(14)16(13)12-4-3-6-22-9-12/h1-9,11H,10H2,(H2,21,23,24). The molecule has 5 rings (SSSR count). The van der Waals surface area contributed by atoms with E-state index in [-0.39, 0.29) is 0 Å². The number of rotatable bonds is 3. The first kappa shape index (κ1) is 16.2. The van der Waals surface area contributed by atoms with E-state index in [0.29, 0.717) is 12.4 Å². The van der Waals surface area contributed by atoms with E-state index in [0.717, 1.165) is 37.1 Å². The second kappa shape index (κ2) is 6.31. The van der Waals surface area contributed by atoms with E-state index < -0.39 is 0 Å². The molecule has 5 aromatic heterocycles. The molecule has 2 N–H and O–H groups in total. The minimum atomic E-state index is 0.449. The van der Waals surface area contributed by atoms with Gasteiger partial charge in [-0.2, -0.15) is 5.10 Å². The van der Waals surface area contributed by atoms with Gasteiger partial charge in [0.1, 0.15) is 15.8 Å². The first-order chi connectivity index (χ1) is 13.2. The summed E-state index contributed by atoms with van der Waals surface area (Å²) in [5.74, 6) is 0.449. The van der Waals surface area contributed by atoms with Crippen molar-refractivity contribution in [3.63, 3.8) is 0 Å². The van der Waals surface area contributed by atoms with Gasteiger partial charge in [-0.05, 0) is 52.9 Å². The highest BCUT2D eigenvalue weighted by atomic mass is 127. The van der Waals surface area contributed by atoms with Crippen LogP contribution >= 0.6 is 22.6 Å². The van der Waals surface area contributed by atoms with Crippen LogP contribution in [0.1, 0.15) is 5.56 Å². The molecule has 0 atom stereocenters. The van der Waals surface area contributed by atoms with Crippen molar-refractivity contribution in [2.75, 3.05) is 5.73 Å². The number of halogens is 1. The van der Waals surface area contributed by atoms with Crippen LogP contribution in [0, 0.1) is 3.70 Å². The van der Waals surface area contributed by atoms with E-state index in [1.807, 2.05) is 29.1 Å². The summed E-state index contributed by atoms with van der Waals surface area (Å²) in [5.41, 5.74) is 11.2. The van der Waals surface area contributed by atoms with Crippen LogP contribution in [0.25, 0.3) is 27.8 Å². The first-order valence-electron chi connectivity index (χ1n) is 8.34. The molecule has 0 saturated carbocycles. The molecule has 0 aliphatic rings. The zero-order valence-corrected chi connectivity index (χ0v) is 16.3. The van der Waals surface area contributed by atoms with Crippen LogP contribution in [-0.2, 0) is 6.54 Å². The Morgan fingerprint density at radius 3 is 2.89 bits per heavy atom. The van der Waals surface area contributed by atoms with Crippen molar-refractivity contribution < 1.29 is 0 Å². The molecule has 0 fully saturated rings. The van der Waals surface area contributed by atoms with Crippen LogP contribution in [0.15, 0.2) is 61.3 Å². The van der Waals surface area contributed by atoms with Crippen molar-refractivity contribution in [3.05, 3.63) is 70.6 Å².